The van der Waals surface area contributed by atoms with Crippen LogP contribution in [0.4, 0.5) is 0 Å². The van der Waals surface area contributed by atoms with Gasteiger partial charge in [-0.3, -0.25) is 9.78 Å². The maximum Gasteiger partial charge on any atom is 0.271 e. The second kappa shape index (κ2) is 8.36. The van der Waals surface area contributed by atoms with E-state index in [4.69, 9.17) is 0 Å². The van der Waals surface area contributed by atoms with Crippen LogP contribution < -0.4 is 5.43 Å². The molecule has 0 spiro atoms. The highest BCUT2D eigenvalue weighted by Crippen LogP contribution is 2.22. The van der Waals surface area contributed by atoms with Crippen LogP contribution in [-0.4, -0.2) is 17.1 Å². The third-order valence-electron chi connectivity index (χ3n) is 3.59. The van der Waals surface area contributed by atoms with Crippen molar-refractivity contribution in [3.05, 3.63) is 108 Å². The first-order valence-corrected chi connectivity index (χ1v) is 7.89. The molecule has 1 heterocycles. The van der Waals surface area contributed by atoms with E-state index in [1.807, 2.05) is 66.7 Å². The van der Waals surface area contributed by atoms with Gasteiger partial charge >= 0.3 is 0 Å². The molecular formula is C21H17N3O. The van der Waals surface area contributed by atoms with E-state index in [0.717, 1.165) is 16.7 Å². The summed E-state index contributed by atoms with van der Waals surface area (Å²) in [5, 5.41) is 4.02. The van der Waals surface area contributed by atoms with Gasteiger partial charge in [-0.15, -0.1) is 0 Å². The number of carbonyl (C=O) groups is 1. The van der Waals surface area contributed by atoms with Crippen LogP contribution in [0.5, 0.6) is 0 Å². The average molecular weight is 327 g/mol. The Labute approximate surface area is 146 Å². The predicted octanol–water partition coefficient (Wildman–Crippen LogP) is 3.93. The van der Waals surface area contributed by atoms with Crippen molar-refractivity contribution in [1.82, 2.24) is 10.4 Å². The number of rotatable bonds is 5. The number of benzene rings is 2. The minimum atomic E-state index is -0.270. The van der Waals surface area contributed by atoms with Crippen molar-refractivity contribution in [3.63, 3.8) is 0 Å². The van der Waals surface area contributed by atoms with Crippen LogP contribution in [0.2, 0.25) is 0 Å². The van der Waals surface area contributed by atoms with Crippen LogP contribution in [0.1, 0.15) is 21.5 Å². The van der Waals surface area contributed by atoms with Gasteiger partial charge in [0.25, 0.3) is 5.91 Å². The minimum Gasteiger partial charge on any atom is -0.267 e. The third-order valence-corrected chi connectivity index (χ3v) is 3.59. The van der Waals surface area contributed by atoms with E-state index in [1.165, 1.54) is 0 Å². The van der Waals surface area contributed by atoms with Gasteiger partial charge in [-0.2, -0.15) is 5.10 Å². The molecule has 0 aliphatic rings. The zero-order valence-electron chi connectivity index (χ0n) is 13.5. The first-order chi connectivity index (χ1) is 12.3. The standard InChI is InChI=1S/C21H17N3O/c25-21(19-11-14-22-15-12-19)24-23-16-13-20(17-7-3-1-4-8-17)18-9-5-2-6-10-18/h1-16H,(H,24,25)/b23-16+. The Morgan fingerprint density at radius 2 is 1.36 bits per heavy atom. The van der Waals surface area contributed by atoms with E-state index >= 15 is 0 Å². The van der Waals surface area contributed by atoms with Gasteiger partial charge in [-0.1, -0.05) is 60.7 Å². The second-order valence-corrected chi connectivity index (χ2v) is 5.27. The number of hydrazone groups is 1. The molecule has 1 N–H and O–H groups in total. The fourth-order valence-corrected chi connectivity index (χ4v) is 2.37. The molecule has 0 unspecified atom stereocenters. The molecule has 0 aliphatic carbocycles. The van der Waals surface area contributed by atoms with Crippen LogP contribution in [0, 0.1) is 0 Å². The van der Waals surface area contributed by atoms with Crippen molar-refractivity contribution in [3.8, 4) is 0 Å². The molecule has 2 aromatic carbocycles. The summed E-state index contributed by atoms with van der Waals surface area (Å²) in [6, 6.07) is 23.4. The van der Waals surface area contributed by atoms with E-state index in [1.54, 1.807) is 30.7 Å². The number of nitrogens with one attached hydrogen (secondary N) is 1. The first kappa shape index (κ1) is 16.3. The number of carbonyl (C=O) groups excluding carboxylic acids is 1. The number of nitrogens with zero attached hydrogens (tertiary/aromatic N) is 2. The molecule has 25 heavy (non-hydrogen) atoms. The molecule has 0 fully saturated rings. The molecule has 1 amide bonds. The lowest BCUT2D eigenvalue weighted by Crippen LogP contribution is -2.17. The molecule has 0 radical (unpaired) electrons. The molecule has 3 rings (SSSR count). The zero-order valence-corrected chi connectivity index (χ0v) is 13.5. The lowest BCUT2D eigenvalue weighted by atomic mass is 9.98. The van der Waals surface area contributed by atoms with Crippen molar-refractivity contribution >= 4 is 17.7 Å². The van der Waals surface area contributed by atoms with E-state index < -0.39 is 0 Å². The fraction of sp³-hybridized carbons (Fsp3) is 0. The van der Waals surface area contributed by atoms with Crippen molar-refractivity contribution < 1.29 is 4.79 Å². The van der Waals surface area contributed by atoms with Crippen LogP contribution in [0.3, 0.4) is 0 Å². The van der Waals surface area contributed by atoms with E-state index in [0.29, 0.717) is 5.56 Å². The lowest BCUT2D eigenvalue weighted by molar-refractivity contribution is 0.0955. The van der Waals surface area contributed by atoms with E-state index in [-0.39, 0.29) is 5.91 Å². The summed E-state index contributed by atoms with van der Waals surface area (Å²) >= 11 is 0. The quantitative estimate of drug-likeness (QED) is 0.570. The van der Waals surface area contributed by atoms with Crippen molar-refractivity contribution in [2.24, 2.45) is 5.10 Å². The molecule has 0 atom stereocenters. The number of pyridine rings is 1. The maximum absolute atomic E-state index is 12.0. The van der Waals surface area contributed by atoms with Gasteiger partial charge in [0.15, 0.2) is 0 Å². The molecule has 4 heteroatoms. The van der Waals surface area contributed by atoms with Gasteiger partial charge in [0.1, 0.15) is 0 Å². The Morgan fingerprint density at radius 1 is 0.800 bits per heavy atom. The highest BCUT2D eigenvalue weighted by Gasteiger charge is 2.04. The number of amides is 1. The summed E-state index contributed by atoms with van der Waals surface area (Å²) in [5.41, 5.74) is 6.23. The maximum atomic E-state index is 12.0. The minimum absolute atomic E-state index is 0.270. The highest BCUT2D eigenvalue weighted by molar-refractivity contribution is 5.95. The molecule has 122 valence electrons. The molecular weight excluding hydrogens is 310 g/mol. The molecule has 4 nitrogen and oxygen atoms in total. The summed E-state index contributed by atoms with van der Waals surface area (Å²) in [6.45, 7) is 0. The van der Waals surface area contributed by atoms with Gasteiger partial charge in [0.2, 0.25) is 0 Å². The average Bonchev–Trinajstić information content (AvgIpc) is 2.70. The monoisotopic (exact) mass is 327 g/mol. The SMILES string of the molecule is O=C(N/N=C/C=C(c1ccccc1)c1ccccc1)c1ccncc1. The summed E-state index contributed by atoms with van der Waals surface area (Å²) < 4.78 is 0. The van der Waals surface area contributed by atoms with Crippen LogP contribution >= 0.6 is 0 Å². The molecule has 0 bridgehead atoms. The lowest BCUT2D eigenvalue weighted by Gasteiger charge is -2.07. The number of hydrogen-bond donors (Lipinski definition) is 1. The second-order valence-electron chi connectivity index (χ2n) is 5.27. The topological polar surface area (TPSA) is 54.4 Å². The molecule has 0 aliphatic heterocycles. The van der Waals surface area contributed by atoms with Gasteiger partial charge in [-0.05, 0) is 34.9 Å². The summed E-state index contributed by atoms with van der Waals surface area (Å²) in [6.07, 6.45) is 6.62. The Bertz CT molecular complexity index is 831. The van der Waals surface area contributed by atoms with Crippen molar-refractivity contribution in [2.45, 2.75) is 0 Å². The Hall–Kier alpha value is -3.53. The zero-order chi connectivity index (χ0) is 17.3. The Balaban J connectivity index is 1.79. The van der Waals surface area contributed by atoms with Crippen LogP contribution in [-0.2, 0) is 0 Å². The van der Waals surface area contributed by atoms with E-state index in [2.05, 4.69) is 15.5 Å². The smallest absolute Gasteiger partial charge is 0.267 e. The van der Waals surface area contributed by atoms with Crippen LogP contribution in [0.25, 0.3) is 5.57 Å². The summed E-state index contributed by atoms with van der Waals surface area (Å²) in [5.74, 6) is -0.270. The number of hydrogen-bond acceptors (Lipinski definition) is 3. The van der Waals surface area contributed by atoms with Crippen LogP contribution in [0.15, 0.2) is 96.4 Å². The number of aromatic nitrogens is 1. The largest absolute Gasteiger partial charge is 0.271 e. The summed E-state index contributed by atoms with van der Waals surface area (Å²) in [4.78, 5) is 15.8. The van der Waals surface area contributed by atoms with E-state index in [9.17, 15) is 4.79 Å². The Kier molecular flexibility index (Phi) is 5.46. The highest BCUT2D eigenvalue weighted by atomic mass is 16.2. The normalized spacial score (nSPS) is 10.4. The molecule has 0 saturated heterocycles. The summed E-state index contributed by atoms with van der Waals surface area (Å²) in [7, 11) is 0. The molecule has 1 aromatic heterocycles. The first-order valence-electron chi connectivity index (χ1n) is 7.89. The van der Waals surface area contributed by atoms with Gasteiger partial charge in [-0.25, -0.2) is 5.43 Å². The van der Waals surface area contributed by atoms with Gasteiger partial charge < -0.3 is 0 Å². The molecule has 3 aromatic rings. The van der Waals surface area contributed by atoms with Crippen molar-refractivity contribution in [1.29, 1.82) is 0 Å². The number of allylic oxidation sites excluding steroid dienone is 1. The fourth-order valence-electron chi connectivity index (χ4n) is 2.37. The van der Waals surface area contributed by atoms with Gasteiger partial charge in [0.05, 0.1) is 0 Å². The predicted molar refractivity (Wildman–Crippen MR) is 100 cm³/mol. The Morgan fingerprint density at radius 3 is 1.92 bits per heavy atom. The third kappa shape index (κ3) is 4.48. The van der Waals surface area contributed by atoms with Crippen molar-refractivity contribution in [2.75, 3.05) is 0 Å². The van der Waals surface area contributed by atoms with Gasteiger partial charge in [0, 0.05) is 24.2 Å². The molecule has 0 saturated carbocycles.